The minimum Gasteiger partial charge on any atom is -0.378 e. The van der Waals surface area contributed by atoms with Gasteiger partial charge in [-0.1, -0.05) is 0 Å². The Bertz CT molecular complexity index is 466. The van der Waals surface area contributed by atoms with E-state index in [1.54, 1.807) is 7.05 Å². The quantitative estimate of drug-likeness (QED) is 0.872. The van der Waals surface area contributed by atoms with E-state index in [0.717, 1.165) is 18.2 Å². The van der Waals surface area contributed by atoms with Crippen LogP contribution in [0.1, 0.15) is 11.6 Å². The van der Waals surface area contributed by atoms with E-state index >= 15 is 0 Å². The average Bonchev–Trinajstić information content (AvgIpc) is 2.27. The van der Waals surface area contributed by atoms with Gasteiger partial charge in [0.1, 0.15) is 17.0 Å². The number of hydrogen-bond donors (Lipinski definition) is 1. The summed E-state index contributed by atoms with van der Waals surface area (Å²) < 4.78 is 31.9. The van der Waals surface area contributed by atoms with Crippen LogP contribution in [0.4, 0.5) is 8.78 Å². The second-order valence-electron chi connectivity index (χ2n) is 4.15. The van der Waals surface area contributed by atoms with Gasteiger partial charge in [0.05, 0.1) is 25.3 Å². The fourth-order valence-electron chi connectivity index (χ4n) is 2.08. The van der Waals surface area contributed by atoms with Crippen molar-refractivity contribution in [1.29, 1.82) is 5.26 Å². The molecule has 17 heavy (non-hydrogen) atoms. The molecule has 1 aromatic rings. The summed E-state index contributed by atoms with van der Waals surface area (Å²) in [4.78, 5) is 0. The first-order valence-corrected chi connectivity index (χ1v) is 5.24. The third-order valence-corrected chi connectivity index (χ3v) is 3.05. The summed E-state index contributed by atoms with van der Waals surface area (Å²) in [6.45, 7) is 0.454. The van der Waals surface area contributed by atoms with Crippen molar-refractivity contribution in [3.63, 3.8) is 0 Å². The molecular weight excluding hydrogens is 226 g/mol. The highest BCUT2D eigenvalue weighted by Crippen LogP contribution is 2.40. The van der Waals surface area contributed by atoms with E-state index in [1.165, 1.54) is 0 Å². The van der Waals surface area contributed by atoms with E-state index in [-0.39, 0.29) is 18.8 Å². The Balaban J connectivity index is 2.42. The zero-order valence-corrected chi connectivity index (χ0v) is 9.34. The van der Waals surface area contributed by atoms with Crippen molar-refractivity contribution < 1.29 is 13.5 Å². The maximum atomic E-state index is 13.7. The molecule has 1 aromatic carbocycles. The highest BCUT2D eigenvalue weighted by atomic mass is 19.1. The molecule has 1 heterocycles. The van der Waals surface area contributed by atoms with Gasteiger partial charge in [-0.25, -0.2) is 8.78 Å². The molecule has 90 valence electrons. The highest BCUT2D eigenvalue weighted by molar-refractivity contribution is 5.28. The van der Waals surface area contributed by atoms with Crippen molar-refractivity contribution in [3.8, 4) is 6.07 Å². The number of nitrogens with zero attached hydrogens (tertiary/aromatic N) is 1. The molecule has 1 unspecified atom stereocenters. The Morgan fingerprint density at radius 2 is 2.18 bits per heavy atom. The molecule has 1 fully saturated rings. The molecule has 5 heteroatoms. The van der Waals surface area contributed by atoms with Crippen LogP contribution in [0.3, 0.4) is 0 Å². The molecule has 1 N–H and O–H groups in total. The number of benzene rings is 1. The number of rotatable bonds is 3. The van der Waals surface area contributed by atoms with Crippen molar-refractivity contribution in [3.05, 3.63) is 35.4 Å². The van der Waals surface area contributed by atoms with Crippen LogP contribution in [0.5, 0.6) is 0 Å². The first-order valence-electron chi connectivity index (χ1n) is 5.24. The minimum atomic E-state index is -0.816. The Morgan fingerprint density at radius 3 is 2.65 bits per heavy atom. The molecule has 0 aliphatic carbocycles. The molecule has 2 rings (SSSR count). The monoisotopic (exact) mass is 238 g/mol. The van der Waals surface area contributed by atoms with Gasteiger partial charge >= 0.3 is 0 Å². The largest absolute Gasteiger partial charge is 0.378 e. The lowest BCUT2D eigenvalue weighted by molar-refractivity contribution is -0.0968. The fraction of sp³-hybridized carbons (Fsp3) is 0.417. The van der Waals surface area contributed by atoms with Crippen molar-refractivity contribution in [2.75, 3.05) is 20.3 Å². The number of hydrogen-bond acceptors (Lipinski definition) is 3. The highest BCUT2D eigenvalue weighted by Gasteiger charge is 2.47. The topological polar surface area (TPSA) is 45.0 Å². The molecule has 0 amide bonds. The molecule has 1 aliphatic rings. The van der Waals surface area contributed by atoms with Gasteiger partial charge in [-0.05, 0) is 25.2 Å². The molecular formula is C12H12F2N2O. The average molecular weight is 238 g/mol. The van der Waals surface area contributed by atoms with Crippen molar-refractivity contribution in [2.24, 2.45) is 5.41 Å². The maximum absolute atomic E-state index is 13.7. The van der Waals surface area contributed by atoms with Crippen molar-refractivity contribution >= 4 is 0 Å². The normalized spacial score (nSPS) is 19.2. The summed E-state index contributed by atoms with van der Waals surface area (Å²) in [5.74, 6) is -1.04. The Kier molecular flexibility index (Phi) is 3.09. The molecule has 1 saturated heterocycles. The van der Waals surface area contributed by atoms with Crippen LogP contribution in [0, 0.1) is 28.4 Å². The summed E-state index contributed by atoms with van der Waals surface area (Å²) >= 11 is 0. The van der Waals surface area contributed by atoms with Crippen LogP contribution in [-0.2, 0) is 4.74 Å². The Hall–Kier alpha value is -1.51. The number of nitriles is 1. The summed E-state index contributed by atoms with van der Waals surface area (Å²) in [5, 5.41) is 12.0. The van der Waals surface area contributed by atoms with E-state index in [2.05, 4.69) is 11.4 Å². The molecule has 1 aliphatic heterocycles. The molecule has 1 atom stereocenters. The number of ether oxygens (including phenoxy) is 1. The van der Waals surface area contributed by atoms with Gasteiger partial charge in [0, 0.05) is 5.56 Å². The zero-order chi connectivity index (χ0) is 12.5. The lowest BCUT2D eigenvalue weighted by Crippen LogP contribution is -2.50. The van der Waals surface area contributed by atoms with Gasteiger partial charge in [-0.15, -0.1) is 0 Å². The maximum Gasteiger partial charge on any atom is 0.128 e. The third kappa shape index (κ3) is 1.90. The first-order chi connectivity index (χ1) is 8.13. The predicted molar refractivity (Wildman–Crippen MR) is 57.0 cm³/mol. The SMILES string of the molecule is CNC(c1cc(F)ccc1F)C1(C#N)COC1. The molecule has 0 bridgehead atoms. The van der Waals surface area contributed by atoms with E-state index in [9.17, 15) is 14.0 Å². The Morgan fingerprint density at radius 1 is 1.47 bits per heavy atom. The van der Waals surface area contributed by atoms with E-state index in [0.29, 0.717) is 0 Å². The minimum absolute atomic E-state index is 0.164. The summed E-state index contributed by atoms with van der Waals surface area (Å²) in [5.41, 5.74) is -0.652. The second kappa shape index (κ2) is 4.40. The number of halogens is 2. The van der Waals surface area contributed by atoms with Gasteiger partial charge in [-0.3, -0.25) is 0 Å². The number of nitrogens with one attached hydrogen (secondary N) is 1. The van der Waals surface area contributed by atoms with E-state index < -0.39 is 23.1 Å². The van der Waals surface area contributed by atoms with Crippen LogP contribution in [-0.4, -0.2) is 20.3 Å². The van der Waals surface area contributed by atoms with Crippen molar-refractivity contribution in [1.82, 2.24) is 5.32 Å². The molecule has 0 saturated carbocycles. The molecule has 0 radical (unpaired) electrons. The zero-order valence-electron chi connectivity index (χ0n) is 9.34. The standard InChI is InChI=1S/C12H12F2N2O/c1-16-11(12(5-15)6-17-7-12)9-4-8(13)2-3-10(9)14/h2-4,11,16H,6-7H2,1H3. The van der Waals surface area contributed by atoms with Crippen LogP contribution in [0.25, 0.3) is 0 Å². The van der Waals surface area contributed by atoms with Crippen LogP contribution < -0.4 is 5.32 Å². The summed E-state index contributed by atoms with van der Waals surface area (Å²) in [6, 6.07) is 4.81. The smallest absolute Gasteiger partial charge is 0.128 e. The molecule has 0 spiro atoms. The van der Waals surface area contributed by atoms with Gasteiger partial charge in [-0.2, -0.15) is 5.26 Å². The van der Waals surface area contributed by atoms with Crippen molar-refractivity contribution in [2.45, 2.75) is 6.04 Å². The fourth-order valence-corrected chi connectivity index (χ4v) is 2.08. The Labute approximate surface area is 98.0 Å². The third-order valence-electron chi connectivity index (χ3n) is 3.05. The van der Waals surface area contributed by atoms with Gasteiger partial charge in [0.2, 0.25) is 0 Å². The van der Waals surface area contributed by atoms with Gasteiger partial charge < -0.3 is 10.1 Å². The lowest BCUT2D eigenvalue weighted by atomic mass is 9.76. The van der Waals surface area contributed by atoms with E-state index in [4.69, 9.17) is 4.74 Å². The van der Waals surface area contributed by atoms with Gasteiger partial charge in [0.25, 0.3) is 0 Å². The summed E-state index contributed by atoms with van der Waals surface area (Å²) in [7, 11) is 1.62. The first kappa shape index (κ1) is 12.0. The molecule has 0 aromatic heterocycles. The van der Waals surface area contributed by atoms with E-state index in [1.807, 2.05) is 0 Å². The summed E-state index contributed by atoms with van der Waals surface area (Å²) in [6.07, 6.45) is 0. The predicted octanol–water partition coefficient (Wildman–Crippen LogP) is 1.77. The lowest BCUT2D eigenvalue weighted by Gasteiger charge is -2.41. The van der Waals surface area contributed by atoms with Crippen LogP contribution in [0.2, 0.25) is 0 Å². The second-order valence-corrected chi connectivity index (χ2v) is 4.15. The molecule has 3 nitrogen and oxygen atoms in total. The van der Waals surface area contributed by atoms with Crippen LogP contribution in [0.15, 0.2) is 18.2 Å². The van der Waals surface area contributed by atoms with Gasteiger partial charge in [0.15, 0.2) is 0 Å². The van der Waals surface area contributed by atoms with Crippen LogP contribution >= 0.6 is 0 Å².